The Kier molecular flexibility index (Phi) is 6.29. The fourth-order valence-corrected chi connectivity index (χ4v) is 2.37. The highest BCUT2D eigenvalue weighted by Gasteiger charge is 2.22. The second-order valence-electron chi connectivity index (χ2n) is 4.60. The van der Waals surface area contributed by atoms with Crippen molar-refractivity contribution in [2.45, 2.75) is 19.4 Å². The summed E-state index contributed by atoms with van der Waals surface area (Å²) in [6, 6.07) is 7.83. The summed E-state index contributed by atoms with van der Waals surface area (Å²) in [5, 5.41) is 7.01. The third kappa shape index (κ3) is 5.01. The van der Waals surface area contributed by atoms with Crippen LogP contribution in [0.15, 0.2) is 35.4 Å². The summed E-state index contributed by atoms with van der Waals surface area (Å²) in [5.74, 6) is -0.761. The highest BCUT2D eigenvalue weighted by atomic mass is 127. The van der Waals surface area contributed by atoms with Crippen molar-refractivity contribution < 1.29 is 22.4 Å². The molecule has 0 aliphatic heterocycles. The average molecular weight is 454 g/mol. The number of benzene rings is 1. The molecule has 5 nitrogen and oxygen atoms in total. The van der Waals surface area contributed by atoms with Crippen LogP contribution in [-0.4, -0.2) is 21.9 Å². The van der Waals surface area contributed by atoms with Gasteiger partial charge in [-0.05, 0) is 46.4 Å². The van der Waals surface area contributed by atoms with Crippen molar-refractivity contribution in [1.29, 1.82) is 0 Å². The third-order valence-electron chi connectivity index (χ3n) is 2.82. The number of hydrogen-bond donors (Lipinski definition) is 1. The topological polar surface area (TPSA) is 59.3 Å². The van der Waals surface area contributed by atoms with Gasteiger partial charge in [-0.1, -0.05) is 12.1 Å². The number of halogens is 5. The molecule has 0 aliphatic carbocycles. The molecule has 0 unspecified atom stereocenters. The van der Waals surface area contributed by atoms with Gasteiger partial charge in [0.15, 0.2) is 0 Å². The molecule has 0 saturated heterocycles. The molecule has 0 spiro atoms. The van der Waals surface area contributed by atoms with E-state index in [9.17, 15) is 22.4 Å². The van der Waals surface area contributed by atoms with Gasteiger partial charge in [0, 0.05) is 3.57 Å². The van der Waals surface area contributed by atoms with E-state index in [4.69, 9.17) is 0 Å². The minimum atomic E-state index is -3.02. The van der Waals surface area contributed by atoms with Crippen LogP contribution in [-0.2, 0) is 11.3 Å². The number of rotatable bonds is 6. The van der Waals surface area contributed by atoms with E-state index in [0.717, 1.165) is 9.13 Å². The Hall–Kier alpha value is -1.98. The first-order valence-corrected chi connectivity index (χ1v) is 7.66. The van der Waals surface area contributed by atoms with Crippen molar-refractivity contribution in [3.63, 3.8) is 0 Å². The molecule has 2 aromatic rings. The van der Waals surface area contributed by atoms with E-state index >= 15 is 0 Å². The molecule has 1 heterocycles. The van der Waals surface area contributed by atoms with Crippen molar-refractivity contribution >= 4 is 34.7 Å². The molecule has 0 radical (unpaired) electrons. The molecule has 2 rings (SSSR count). The lowest BCUT2D eigenvalue weighted by atomic mass is 10.2. The van der Waals surface area contributed by atoms with Gasteiger partial charge >= 0.3 is 0 Å². The maximum atomic E-state index is 12.8. The monoisotopic (exact) mass is 454 g/mol. The lowest BCUT2D eigenvalue weighted by Gasteiger charge is -2.05. The van der Waals surface area contributed by atoms with E-state index in [1.165, 1.54) is 6.21 Å². The van der Waals surface area contributed by atoms with E-state index in [1.54, 1.807) is 12.1 Å². The fourth-order valence-electron chi connectivity index (χ4n) is 1.80. The van der Waals surface area contributed by atoms with Crippen LogP contribution in [0, 0.1) is 3.57 Å². The van der Waals surface area contributed by atoms with Crippen LogP contribution in [0.25, 0.3) is 0 Å². The minimum absolute atomic E-state index is 0.544. The molecule has 10 heteroatoms. The number of aromatic nitrogens is 2. The molecular formula is C14H11F4IN4O. The minimum Gasteiger partial charge on any atom is -0.271 e. The molecule has 0 fully saturated rings. The average Bonchev–Trinajstić information content (AvgIpc) is 2.91. The fraction of sp³-hybridized carbons (Fsp3) is 0.214. The quantitative estimate of drug-likeness (QED) is 0.315. The number of hydrogen-bond acceptors (Lipinski definition) is 3. The summed E-state index contributed by atoms with van der Waals surface area (Å²) in [7, 11) is 0. The number of nitrogens with one attached hydrogen (secondary N) is 1. The summed E-state index contributed by atoms with van der Waals surface area (Å²) in [6.45, 7) is -0.643. The van der Waals surface area contributed by atoms with Gasteiger partial charge in [-0.2, -0.15) is 10.2 Å². The maximum Gasteiger partial charge on any atom is 0.282 e. The zero-order chi connectivity index (χ0) is 17.7. The van der Waals surface area contributed by atoms with Gasteiger partial charge < -0.3 is 0 Å². The van der Waals surface area contributed by atoms with Gasteiger partial charge in [-0.25, -0.2) is 23.0 Å². The number of amides is 1. The molecule has 0 bridgehead atoms. The first-order chi connectivity index (χ1) is 11.4. The largest absolute Gasteiger partial charge is 0.282 e. The SMILES string of the molecule is O=C(Cn1nc(C(F)F)cc1C(F)F)NN=Cc1cccc(I)c1. The van der Waals surface area contributed by atoms with Crippen molar-refractivity contribution in [2.24, 2.45) is 5.10 Å². The lowest BCUT2D eigenvalue weighted by molar-refractivity contribution is -0.121. The number of alkyl halides is 4. The molecule has 1 amide bonds. The second kappa shape index (κ2) is 8.22. The lowest BCUT2D eigenvalue weighted by Crippen LogP contribution is -2.25. The summed E-state index contributed by atoms with van der Waals surface area (Å²) in [4.78, 5) is 11.7. The van der Waals surface area contributed by atoms with Crippen molar-refractivity contribution in [3.8, 4) is 0 Å². The molecular weight excluding hydrogens is 443 g/mol. The van der Waals surface area contributed by atoms with Crippen LogP contribution >= 0.6 is 22.6 Å². The molecule has 0 atom stereocenters. The first-order valence-electron chi connectivity index (χ1n) is 6.58. The molecule has 128 valence electrons. The van der Waals surface area contributed by atoms with Gasteiger partial charge in [0.25, 0.3) is 18.8 Å². The Labute approximate surface area is 147 Å². The van der Waals surface area contributed by atoms with Crippen LogP contribution in [0.1, 0.15) is 29.8 Å². The van der Waals surface area contributed by atoms with Crippen molar-refractivity contribution in [3.05, 3.63) is 50.9 Å². The predicted octanol–water partition coefficient (Wildman–Crippen LogP) is 3.51. The Balaban J connectivity index is 2.02. The van der Waals surface area contributed by atoms with E-state index in [0.29, 0.717) is 10.7 Å². The zero-order valence-electron chi connectivity index (χ0n) is 12.0. The Morgan fingerprint density at radius 2 is 2.04 bits per heavy atom. The van der Waals surface area contributed by atoms with Crippen molar-refractivity contribution in [2.75, 3.05) is 0 Å². The van der Waals surface area contributed by atoms with Gasteiger partial charge in [-0.3, -0.25) is 9.48 Å². The van der Waals surface area contributed by atoms with Crippen LogP contribution in [0.4, 0.5) is 17.6 Å². The van der Waals surface area contributed by atoms with Gasteiger partial charge in [0.2, 0.25) is 0 Å². The van der Waals surface area contributed by atoms with E-state index in [2.05, 4.69) is 38.2 Å². The standard InChI is InChI=1S/C14H11F4IN4O/c15-13(16)10-5-11(14(17)18)23(22-10)7-12(24)21-20-6-8-2-1-3-9(19)4-8/h1-6,13-14H,7H2,(H,21,24). The second-order valence-corrected chi connectivity index (χ2v) is 5.85. The molecule has 1 aromatic heterocycles. The highest BCUT2D eigenvalue weighted by molar-refractivity contribution is 14.1. The molecule has 24 heavy (non-hydrogen) atoms. The highest BCUT2D eigenvalue weighted by Crippen LogP contribution is 2.24. The van der Waals surface area contributed by atoms with Crippen LogP contribution in [0.2, 0.25) is 0 Å². The Morgan fingerprint density at radius 3 is 2.67 bits per heavy atom. The number of carbonyl (C=O) groups excluding carboxylic acids is 1. The zero-order valence-corrected chi connectivity index (χ0v) is 14.1. The Bertz CT molecular complexity index is 748. The summed E-state index contributed by atoms with van der Waals surface area (Å²) in [6.07, 6.45) is -4.64. The van der Waals surface area contributed by atoms with E-state index in [-0.39, 0.29) is 0 Å². The molecule has 0 saturated carbocycles. The van der Waals surface area contributed by atoms with Gasteiger partial charge in [0.1, 0.15) is 17.9 Å². The summed E-state index contributed by atoms with van der Waals surface area (Å²) >= 11 is 2.11. The smallest absolute Gasteiger partial charge is 0.271 e. The normalized spacial score (nSPS) is 11.6. The van der Waals surface area contributed by atoms with E-state index < -0.39 is 36.7 Å². The first kappa shape index (κ1) is 18.4. The van der Waals surface area contributed by atoms with Crippen molar-refractivity contribution in [1.82, 2.24) is 15.2 Å². The number of hydrazone groups is 1. The van der Waals surface area contributed by atoms with Crippen LogP contribution < -0.4 is 5.43 Å². The molecule has 1 N–H and O–H groups in total. The van der Waals surface area contributed by atoms with E-state index in [1.807, 2.05) is 12.1 Å². The molecule has 0 aliphatic rings. The van der Waals surface area contributed by atoms with Crippen LogP contribution in [0.5, 0.6) is 0 Å². The molecule has 1 aromatic carbocycles. The number of carbonyl (C=O) groups is 1. The van der Waals surface area contributed by atoms with Gasteiger partial charge in [-0.15, -0.1) is 0 Å². The van der Waals surface area contributed by atoms with Crippen LogP contribution in [0.3, 0.4) is 0 Å². The summed E-state index contributed by atoms with van der Waals surface area (Å²) in [5.41, 5.74) is 1.32. The number of nitrogens with zero attached hydrogens (tertiary/aromatic N) is 3. The maximum absolute atomic E-state index is 12.8. The predicted molar refractivity (Wildman–Crippen MR) is 87.0 cm³/mol. The summed E-state index contributed by atoms with van der Waals surface area (Å²) < 4.78 is 52.2. The Morgan fingerprint density at radius 1 is 1.29 bits per heavy atom. The third-order valence-corrected chi connectivity index (χ3v) is 3.49. The van der Waals surface area contributed by atoms with Gasteiger partial charge in [0.05, 0.1) is 6.21 Å².